The van der Waals surface area contributed by atoms with Crippen molar-refractivity contribution < 1.29 is 14.4 Å². The summed E-state index contributed by atoms with van der Waals surface area (Å²) in [5.74, 6) is 0.399. The molecule has 0 aliphatic carbocycles. The second-order valence-corrected chi connectivity index (χ2v) is 14.3. The van der Waals surface area contributed by atoms with E-state index in [9.17, 15) is 14.4 Å². The Morgan fingerprint density at radius 1 is 0.500 bits per heavy atom. The van der Waals surface area contributed by atoms with Gasteiger partial charge in [0.05, 0.1) is 0 Å². The molecule has 6 nitrogen and oxygen atoms in total. The van der Waals surface area contributed by atoms with Gasteiger partial charge in [0.1, 0.15) is 0 Å². The molecule has 0 saturated heterocycles. The SMILES string of the molecule is CCCCCCCCCCCCCCCCCC(=O)Nc1cc(C(=O)NCC(CC)CCCC)cc(C(=O)NCC(CC)CCCC)c1. The number of amides is 3. The van der Waals surface area contributed by atoms with Crippen molar-refractivity contribution >= 4 is 23.4 Å². The van der Waals surface area contributed by atoms with Gasteiger partial charge in [-0.1, -0.05) is 163 Å². The highest BCUT2D eigenvalue weighted by Gasteiger charge is 2.17. The molecule has 0 heterocycles. The van der Waals surface area contributed by atoms with Gasteiger partial charge in [0.25, 0.3) is 11.8 Å². The van der Waals surface area contributed by atoms with Crippen LogP contribution in [0.5, 0.6) is 0 Å². The molecular formula is C42H75N3O3. The first-order chi connectivity index (χ1) is 23.4. The third-order valence-electron chi connectivity index (χ3n) is 9.94. The molecule has 1 aromatic carbocycles. The molecule has 0 aliphatic rings. The van der Waals surface area contributed by atoms with Gasteiger partial charge in [-0.05, 0) is 49.3 Å². The summed E-state index contributed by atoms with van der Waals surface area (Å²) in [7, 11) is 0. The molecule has 1 rings (SSSR count). The van der Waals surface area contributed by atoms with Crippen molar-refractivity contribution in [3.8, 4) is 0 Å². The number of benzene rings is 1. The van der Waals surface area contributed by atoms with Crippen molar-refractivity contribution in [2.75, 3.05) is 18.4 Å². The number of nitrogens with one attached hydrogen (secondary N) is 3. The van der Waals surface area contributed by atoms with E-state index in [1.165, 1.54) is 83.5 Å². The molecule has 6 heteroatoms. The van der Waals surface area contributed by atoms with Crippen LogP contribution in [-0.4, -0.2) is 30.8 Å². The molecule has 0 aromatic heterocycles. The topological polar surface area (TPSA) is 87.3 Å². The Balaban J connectivity index is 2.60. The highest BCUT2D eigenvalue weighted by Crippen LogP contribution is 2.19. The van der Waals surface area contributed by atoms with Gasteiger partial charge in [0, 0.05) is 36.3 Å². The third kappa shape index (κ3) is 21.6. The number of hydrogen-bond donors (Lipinski definition) is 3. The summed E-state index contributed by atoms with van der Waals surface area (Å²) < 4.78 is 0. The summed E-state index contributed by atoms with van der Waals surface area (Å²) >= 11 is 0. The fraction of sp³-hybridized carbons (Fsp3) is 0.786. The van der Waals surface area contributed by atoms with E-state index in [0.29, 0.717) is 48.2 Å². The Morgan fingerprint density at radius 2 is 0.875 bits per heavy atom. The highest BCUT2D eigenvalue weighted by molar-refractivity contribution is 6.02. The molecule has 3 amide bonds. The van der Waals surface area contributed by atoms with E-state index < -0.39 is 0 Å². The van der Waals surface area contributed by atoms with Crippen molar-refractivity contribution in [2.45, 2.75) is 189 Å². The zero-order valence-corrected chi connectivity index (χ0v) is 32.0. The van der Waals surface area contributed by atoms with E-state index in [2.05, 4.69) is 50.6 Å². The summed E-state index contributed by atoms with van der Waals surface area (Å²) in [5.41, 5.74) is 1.33. The average Bonchev–Trinajstić information content (AvgIpc) is 3.09. The van der Waals surface area contributed by atoms with Crippen molar-refractivity contribution in [3.05, 3.63) is 29.3 Å². The van der Waals surface area contributed by atoms with E-state index in [-0.39, 0.29) is 17.7 Å². The molecular weight excluding hydrogens is 594 g/mol. The molecule has 2 atom stereocenters. The van der Waals surface area contributed by atoms with Gasteiger partial charge >= 0.3 is 0 Å². The summed E-state index contributed by atoms with van der Waals surface area (Å²) in [6.45, 7) is 12.2. The van der Waals surface area contributed by atoms with Gasteiger partial charge in [-0.3, -0.25) is 14.4 Å². The van der Waals surface area contributed by atoms with E-state index in [0.717, 1.165) is 64.2 Å². The first-order valence-corrected chi connectivity index (χ1v) is 20.4. The van der Waals surface area contributed by atoms with Gasteiger partial charge in [0.15, 0.2) is 0 Å². The van der Waals surface area contributed by atoms with E-state index in [1.807, 2.05) is 0 Å². The standard InChI is InChI=1S/C42H75N3O3/c1-6-11-14-15-16-17-18-19-20-21-22-23-24-25-26-29-40(46)45-39-31-37(41(47)43-33-35(9-4)27-12-7-2)30-38(32-39)42(48)44-34-36(10-5)28-13-8-3/h30-32,35-36H,6-29,33-34H2,1-5H3,(H,43,47)(H,44,48)(H,45,46). The lowest BCUT2D eigenvalue weighted by Gasteiger charge is -2.17. The third-order valence-corrected chi connectivity index (χ3v) is 9.94. The van der Waals surface area contributed by atoms with Crippen LogP contribution >= 0.6 is 0 Å². The van der Waals surface area contributed by atoms with Gasteiger partial charge in [-0.25, -0.2) is 0 Å². The lowest BCUT2D eigenvalue weighted by atomic mass is 9.99. The summed E-state index contributed by atoms with van der Waals surface area (Å²) in [6.07, 6.45) is 28.6. The van der Waals surface area contributed by atoms with Crippen LogP contribution < -0.4 is 16.0 Å². The van der Waals surface area contributed by atoms with Crippen LogP contribution in [0.4, 0.5) is 5.69 Å². The van der Waals surface area contributed by atoms with Crippen molar-refractivity contribution in [1.29, 1.82) is 0 Å². The van der Waals surface area contributed by atoms with Crippen LogP contribution in [0.2, 0.25) is 0 Å². The molecule has 0 spiro atoms. The maximum atomic E-state index is 13.3. The molecule has 3 N–H and O–H groups in total. The zero-order chi connectivity index (χ0) is 35.2. The highest BCUT2D eigenvalue weighted by atomic mass is 16.2. The van der Waals surface area contributed by atoms with Crippen LogP contribution in [0.15, 0.2) is 18.2 Å². The summed E-state index contributed by atoms with van der Waals surface area (Å²) in [5, 5.41) is 9.17. The van der Waals surface area contributed by atoms with Gasteiger partial charge in [0.2, 0.25) is 5.91 Å². The molecule has 0 saturated carbocycles. The second-order valence-electron chi connectivity index (χ2n) is 14.3. The van der Waals surface area contributed by atoms with E-state index >= 15 is 0 Å². The molecule has 0 aliphatic heterocycles. The fourth-order valence-electron chi connectivity index (χ4n) is 6.41. The van der Waals surface area contributed by atoms with Crippen molar-refractivity contribution in [3.63, 3.8) is 0 Å². The predicted octanol–water partition coefficient (Wildman–Crippen LogP) is 11.8. The lowest BCUT2D eigenvalue weighted by Crippen LogP contribution is -2.31. The van der Waals surface area contributed by atoms with Crippen LogP contribution in [0.1, 0.15) is 209 Å². The largest absolute Gasteiger partial charge is 0.352 e. The number of anilines is 1. The minimum Gasteiger partial charge on any atom is -0.352 e. The van der Waals surface area contributed by atoms with Crippen LogP contribution in [0.3, 0.4) is 0 Å². The van der Waals surface area contributed by atoms with E-state index in [4.69, 9.17) is 0 Å². The molecule has 2 unspecified atom stereocenters. The number of rotatable bonds is 31. The Hall–Kier alpha value is -2.37. The number of hydrogen-bond acceptors (Lipinski definition) is 3. The molecule has 0 fully saturated rings. The van der Waals surface area contributed by atoms with Crippen LogP contribution in [-0.2, 0) is 4.79 Å². The maximum absolute atomic E-state index is 13.3. The molecule has 1 aromatic rings. The second kappa shape index (κ2) is 29.5. The first kappa shape index (κ1) is 43.7. The van der Waals surface area contributed by atoms with Crippen molar-refractivity contribution in [2.24, 2.45) is 11.8 Å². The molecule has 276 valence electrons. The molecule has 0 radical (unpaired) electrons. The molecule has 0 bridgehead atoms. The first-order valence-electron chi connectivity index (χ1n) is 20.4. The number of carbonyl (C=O) groups excluding carboxylic acids is 3. The zero-order valence-electron chi connectivity index (χ0n) is 32.0. The Labute approximate surface area is 296 Å². The minimum absolute atomic E-state index is 0.0650. The number of carbonyl (C=O) groups is 3. The quantitative estimate of drug-likeness (QED) is 0.0688. The number of unbranched alkanes of at least 4 members (excludes halogenated alkanes) is 16. The monoisotopic (exact) mass is 670 g/mol. The predicted molar refractivity (Wildman–Crippen MR) is 206 cm³/mol. The Morgan fingerprint density at radius 3 is 1.25 bits per heavy atom. The lowest BCUT2D eigenvalue weighted by molar-refractivity contribution is -0.116. The normalized spacial score (nSPS) is 12.4. The Bertz CT molecular complexity index is 929. The summed E-state index contributed by atoms with van der Waals surface area (Å²) in [4.78, 5) is 39.4. The maximum Gasteiger partial charge on any atom is 0.251 e. The van der Waals surface area contributed by atoms with Gasteiger partial charge in [-0.2, -0.15) is 0 Å². The van der Waals surface area contributed by atoms with Crippen LogP contribution in [0.25, 0.3) is 0 Å². The summed E-state index contributed by atoms with van der Waals surface area (Å²) in [6, 6.07) is 5.08. The van der Waals surface area contributed by atoms with E-state index in [1.54, 1.807) is 18.2 Å². The smallest absolute Gasteiger partial charge is 0.251 e. The fourth-order valence-corrected chi connectivity index (χ4v) is 6.41. The van der Waals surface area contributed by atoms with Crippen LogP contribution in [0, 0.1) is 11.8 Å². The Kier molecular flexibility index (Phi) is 26.9. The minimum atomic E-state index is -0.202. The molecule has 48 heavy (non-hydrogen) atoms. The van der Waals surface area contributed by atoms with Gasteiger partial charge < -0.3 is 16.0 Å². The van der Waals surface area contributed by atoms with Crippen molar-refractivity contribution in [1.82, 2.24) is 10.6 Å². The average molecular weight is 670 g/mol. The van der Waals surface area contributed by atoms with Gasteiger partial charge in [-0.15, -0.1) is 0 Å².